The fourth-order valence-electron chi connectivity index (χ4n) is 6.09. The summed E-state index contributed by atoms with van der Waals surface area (Å²) >= 11 is 0. The molecule has 0 aliphatic rings. The van der Waals surface area contributed by atoms with Crippen LogP contribution in [-0.2, 0) is 32.7 Å². The third-order valence-corrected chi connectivity index (χ3v) is 10.6. The minimum Gasteiger partial charge on any atom is -0.480 e. The van der Waals surface area contributed by atoms with Crippen molar-refractivity contribution in [3.05, 3.63) is 36.5 Å². The van der Waals surface area contributed by atoms with Crippen LogP contribution >= 0.6 is 7.82 Å². The van der Waals surface area contributed by atoms with Crippen LogP contribution < -0.4 is 5.32 Å². The molecular formula is C45H82NO10P. The smallest absolute Gasteiger partial charge is 0.472 e. The number of esters is 1. The number of carbonyl (C=O) groups is 3. The van der Waals surface area contributed by atoms with Gasteiger partial charge in [0, 0.05) is 12.8 Å². The number of hydrogen-bond donors (Lipinski definition) is 4. The second kappa shape index (κ2) is 40.5. The highest BCUT2D eigenvalue weighted by Gasteiger charge is 2.28. The number of allylic oxidation sites excluding steroid dienone is 6. The van der Waals surface area contributed by atoms with E-state index in [9.17, 15) is 34.1 Å². The molecule has 0 radical (unpaired) electrons. The van der Waals surface area contributed by atoms with Gasteiger partial charge in [-0.15, -0.1) is 0 Å². The normalized spacial score (nSPS) is 14.0. The maximum Gasteiger partial charge on any atom is 0.472 e. The Bertz CT molecular complexity index is 1110. The zero-order chi connectivity index (χ0) is 42.1. The van der Waals surface area contributed by atoms with Crippen LogP contribution in [0.15, 0.2) is 36.5 Å². The lowest BCUT2D eigenvalue weighted by Crippen LogP contribution is -2.43. The molecule has 12 heteroatoms. The van der Waals surface area contributed by atoms with Crippen molar-refractivity contribution in [2.45, 2.75) is 212 Å². The van der Waals surface area contributed by atoms with Crippen molar-refractivity contribution in [1.82, 2.24) is 5.32 Å². The largest absolute Gasteiger partial charge is 0.480 e. The molecule has 0 saturated heterocycles. The van der Waals surface area contributed by atoms with E-state index in [2.05, 4.69) is 55.6 Å². The fraction of sp³-hybridized carbons (Fsp3) is 0.800. The van der Waals surface area contributed by atoms with Gasteiger partial charge >= 0.3 is 19.8 Å². The van der Waals surface area contributed by atoms with Gasteiger partial charge in [-0.05, 0) is 64.2 Å². The summed E-state index contributed by atoms with van der Waals surface area (Å²) in [5.74, 6) is -2.39. The van der Waals surface area contributed by atoms with Crippen LogP contribution in [0.5, 0.6) is 0 Å². The molecule has 0 saturated carbocycles. The number of aliphatic hydroxyl groups excluding tert-OH is 1. The van der Waals surface area contributed by atoms with Gasteiger partial charge in [-0.25, -0.2) is 9.36 Å². The number of nitrogens with one attached hydrogen (secondary N) is 1. The Morgan fingerprint density at radius 1 is 0.561 bits per heavy atom. The van der Waals surface area contributed by atoms with E-state index in [-0.39, 0.29) is 12.8 Å². The van der Waals surface area contributed by atoms with Gasteiger partial charge in [-0.3, -0.25) is 18.6 Å². The minimum absolute atomic E-state index is 0.129. The lowest BCUT2D eigenvalue weighted by atomic mass is 10.1. The highest BCUT2D eigenvalue weighted by molar-refractivity contribution is 7.47. The first-order valence-electron chi connectivity index (χ1n) is 22.5. The lowest BCUT2D eigenvalue weighted by molar-refractivity contribution is -0.147. The fourth-order valence-corrected chi connectivity index (χ4v) is 6.86. The Morgan fingerprint density at radius 2 is 0.982 bits per heavy atom. The zero-order valence-corrected chi connectivity index (χ0v) is 36.8. The highest BCUT2D eigenvalue weighted by Crippen LogP contribution is 2.43. The summed E-state index contributed by atoms with van der Waals surface area (Å²) in [7, 11) is -4.76. The number of carbonyl (C=O) groups excluding carboxylic acids is 2. The van der Waals surface area contributed by atoms with Crippen LogP contribution in [0, 0.1) is 0 Å². The number of rotatable bonds is 42. The quantitative estimate of drug-likeness (QED) is 0.0201. The summed E-state index contributed by atoms with van der Waals surface area (Å²) < 4.78 is 26.8. The zero-order valence-electron chi connectivity index (χ0n) is 35.9. The van der Waals surface area contributed by atoms with Crippen molar-refractivity contribution in [1.29, 1.82) is 0 Å². The van der Waals surface area contributed by atoms with Crippen molar-refractivity contribution >= 4 is 25.7 Å². The Balaban J connectivity index is 3.88. The third kappa shape index (κ3) is 40.3. The van der Waals surface area contributed by atoms with Gasteiger partial charge in [0.05, 0.1) is 13.2 Å². The first-order chi connectivity index (χ1) is 27.6. The van der Waals surface area contributed by atoms with Crippen LogP contribution in [0.2, 0.25) is 0 Å². The van der Waals surface area contributed by atoms with E-state index in [1.807, 2.05) is 0 Å². The molecule has 3 unspecified atom stereocenters. The Labute approximate surface area is 346 Å². The second-order valence-electron chi connectivity index (χ2n) is 15.2. The number of phosphoric ester groups is 1. The molecule has 3 atom stereocenters. The molecule has 57 heavy (non-hydrogen) atoms. The minimum atomic E-state index is -4.76. The van der Waals surface area contributed by atoms with E-state index in [4.69, 9.17) is 13.8 Å². The summed E-state index contributed by atoms with van der Waals surface area (Å²) in [6.45, 7) is 2.54. The molecule has 0 rings (SSSR count). The van der Waals surface area contributed by atoms with Crippen LogP contribution in [0.25, 0.3) is 0 Å². The molecule has 0 aromatic carbocycles. The van der Waals surface area contributed by atoms with E-state index < -0.39 is 57.6 Å². The first kappa shape index (κ1) is 54.7. The van der Waals surface area contributed by atoms with Crippen LogP contribution in [0.3, 0.4) is 0 Å². The number of aliphatic carboxylic acids is 1. The topological polar surface area (TPSA) is 169 Å². The molecule has 0 fully saturated rings. The summed E-state index contributed by atoms with van der Waals surface area (Å²) in [5, 5.41) is 21.8. The average molecular weight is 828 g/mol. The molecule has 4 N–H and O–H groups in total. The maximum absolute atomic E-state index is 12.3. The predicted octanol–water partition coefficient (Wildman–Crippen LogP) is 11.6. The molecular weight excluding hydrogens is 745 g/mol. The number of carboxylic acids is 1. The van der Waals surface area contributed by atoms with Crippen LogP contribution in [-0.4, -0.2) is 64.9 Å². The van der Waals surface area contributed by atoms with E-state index in [1.165, 1.54) is 96.3 Å². The average Bonchev–Trinajstić information content (AvgIpc) is 3.18. The van der Waals surface area contributed by atoms with Gasteiger partial charge < -0.3 is 25.2 Å². The maximum atomic E-state index is 12.3. The van der Waals surface area contributed by atoms with Gasteiger partial charge in [0.2, 0.25) is 5.91 Å². The number of hydrogen-bond acceptors (Lipinski definition) is 8. The van der Waals surface area contributed by atoms with Crippen LogP contribution in [0.4, 0.5) is 0 Å². The van der Waals surface area contributed by atoms with Crippen molar-refractivity contribution in [3.63, 3.8) is 0 Å². The molecule has 0 aromatic rings. The van der Waals surface area contributed by atoms with Crippen LogP contribution in [0.1, 0.15) is 200 Å². The molecule has 1 amide bonds. The molecule has 0 aliphatic heterocycles. The predicted molar refractivity (Wildman–Crippen MR) is 231 cm³/mol. The van der Waals surface area contributed by atoms with E-state index in [1.54, 1.807) is 0 Å². The van der Waals surface area contributed by atoms with E-state index in [0.717, 1.165) is 64.2 Å². The Hall–Kier alpha value is -2.30. The van der Waals surface area contributed by atoms with Gasteiger partial charge in [-0.2, -0.15) is 0 Å². The van der Waals surface area contributed by atoms with Crippen molar-refractivity contribution < 1.29 is 47.8 Å². The van der Waals surface area contributed by atoms with Crippen molar-refractivity contribution in [2.75, 3.05) is 19.8 Å². The SMILES string of the molecule is CCCC/C=C\C/C=C\CCCCCCCC(=O)NC(COP(=O)(O)OCC(O)COC(=O)CCCCCCCCCCC/C=C/CCCCCCCC)C(=O)O. The highest BCUT2D eigenvalue weighted by atomic mass is 31.2. The molecule has 0 aliphatic carbocycles. The molecule has 332 valence electrons. The first-order valence-corrected chi connectivity index (χ1v) is 24.0. The summed E-state index contributed by atoms with van der Waals surface area (Å²) in [6.07, 6.45) is 43.1. The second-order valence-corrected chi connectivity index (χ2v) is 16.7. The van der Waals surface area contributed by atoms with Gasteiger partial charge in [0.25, 0.3) is 0 Å². The summed E-state index contributed by atoms with van der Waals surface area (Å²) in [5.41, 5.74) is 0. The number of ether oxygens (including phenoxy) is 1. The molecule has 0 bridgehead atoms. The van der Waals surface area contributed by atoms with Gasteiger partial charge in [-0.1, -0.05) is 159 Å². The summed E-state index contributed by atoms with van der Waals surface area (Å²) in [6, 6.07) is -1.55. The lowest BCUT2D eigenvalue weighted by Gasteiger charge is -2.18. The number of amides is 1. The monoisotopic (exact) mass is 828 g/mol. The van der Waals surface area contributed by atoms with Crippen molar-refractivity contribution in [2.24, 2.45) is 0 Å². The van der Waals surface area contributed by atoms with Gasteiger partial charge in [0.15, 0.2) is 6.04 Å². The number of unbranched alkanes of at least 4 members (excludes halogenated alkanes) is 22. The number of phosphoric acid groups is 1. The number of aliphatic hydroxyl groups is 1. The molecule has 0 heterocycles. The van der Waals surface area contributed by atoms with E-state index >= 15 is 0 Å². The molecule has 11 nitrogen and oxygen atoms in total. The summed E-state index contributed by atoms with van der Waals surface area (Å²) in [4.78, 5) is 45.9. The Morgan fingerprint density at radius 3 is 1.49 bits per heavy atom. The van der Waals surface area contributed by atoms with E-state index in [0.29, 0.717) is 12.8 Å². The standard InChI is InChI=1S/C45H82NO10P/c1-3-5-7-9-11-13-15-17-19-20-21-22-23-25-27-29-31-33-35-37-44(49)54-38-41(47)39-55-57(52,53)56-40-42(45(50)51)46-43(48)36-34-32-30-28-26-24-18-16-14-12-10-8-6-4-2/h10,12,16-19,41-42,47H,3-9,11,13-15,20-40H2,1-2H3,(H,46,48)(H,50,51)(H,52,53)/b12-10-,18-16-,19-17+. The third-order valence-electron chi connectivity index (χ3n) is 9.65. The molecule has 0 spiro atoms. The van der Waals surface area contributed by atoms with Crippen molar-refractivity contribution in [3.8, 4) is 0 Å². The number of carboxylic acid groups (broad SMARTS) is 1. The van der Waals surface area contributed by atoms with Gasteiger partial charge in [0.1, 0.15) is 12.7 Å². The Kier molecular flexibility index (Phi) is 38.8. The molecule has 0 aromatic heterocycles.